The van der Waals surface area contributed by atoms with Crippen LogP contribution in [0.4, 0.5) is 0 Å². The number of hydrogen-bond donors (Lipinski definition) is 1. The molecule has 0 saturated heterocycles. The van der Waals surface area contributed by atoms with Crippen molar-refractivity contribution >= 4 is 5.84 Å². The van der Waals surface area contributed by atoms with E-state index in [0.717, 1.165) is 41.0 Å². The molecule has 0 amide bonds. The second-order valence-electron chi connectivity index (χ2n) is 7.04. The molecule has 1 aliphatic carbocycles. The van der Waals surface area contributed by atoms with Crippen LogP contribution in [-0.4, -0.2) is 21.9 Å². The van der Waals surface area contributed by atoms with E-state index >= 15 is 0 Å². The third kappa shape index (κ3) is 2.50. The molecule has 1 saturated carbocycles. The van der Waals surface area contributed by atoms with Crippen molar-refractivity contribution in [3.05, 3.63) is 89.5 Å². The van der Waals surface area contributed by atoms with Crippen molar-refractivity contribution in [2.45, 2.75) is 30.9 Å². The van der Waals surface area contributed by atoms with Crippen LogP contribution in [0.15, 0.2) is 72.1 Å². The Morgan fingerprint density at radius 1 is 0.963 bits per heavy atom. The Hall–Kier alpha value is -3.21. The third-order valence-electron chi connectivity index (χ3n) is 5.43. The van der Waals surface area contributed by atoms with Gasteiger partial charge in [-0.1, -0.05) is 18.2 Å². The van der Waals surface area contributed by atoms with E-state index in [2.05, 4.69) is 22.1 Å². The number of rotatable bonds is 4. The van der Waals surface area contributed by atoms with Crippen LogP contribution < -0.4 is 10.5 Å². The smallest absolute Gasteiger partial charge is 0.146 e. The van der Waals surface area contributed by atoms with Gasteiger partial charge in [0.25, 0.3) is 0 Å². The molecule has 0 bridgehead atoms. The summed E-state index contributed by atoms with van der Waals surface area (Å²) in [4.78, 5) is 13.6. The molecule has 2 aromatic heterocycles. The molecular weight excluding hydrogens is 336 g/mol. The Morgan fingerprint density at radius 2 is 1.81 bits per heavy atom. The predicted molar refractivity (Wildman–Crippen MR) is 104 cm³/mol. The number of ether oxygens (including phenoxy) is 1. The van der Waals surface area contributed by atoms with Gasteiger partial charge in [-0.3, -0.25) is 9.97 Å². The largest absolute Gasteiger partial charge is 0.490 e. The lowest BCUT2D eigenvalue weighted by atomic mass is 9.79. The van der Waals surface area contributed by atoms with Crippen LogP contribution in [0.1, 0.15) is 41.6 Å². The van der Waals surface area contributed by atoms with E-state index in [0.29, 0.717) is 11.9 Å². The number of pyridine rings is 2. The summed E-state index contributed by atoms with van der Waals surface area (Å²) in [7, 11) is 0. The first-order chi connectivity index (χ1) is 13.3. The van der Waals surface area contributed by atoms with Crippen molar-refractivity contribution in [1.82, 2.24) is 9.97 Å². The molecule has 1 unspecified atom stereocenters. The molecule has 5 nitrogen and oxygen atoms in total. The minimum Gasteiger partial charge on any atom is -0.490 e. The van der Waals surface area contributed by atoms with Gasteiger partial charge in [-0.25, -0.2) is 4.99 Å². The molecule has 1 fully saturated rings. The standard InChI is InChI=1S/C22H20N4O/c23-21-20-19(8-3-11-25-20)22(26-21,15-9-12-24-13-10-15)16-4-1-7-18(14-16)27-17-5-2-6-17/h1,3-4,7-14,17H,2,5-6H2,(H2,23,26). The number of amidine groups is 1. The molecule has 3 aromatic rings. The highest BCUT2D eigenvalue weighted by molar-refractivity contribution is 6.01. The normalized spacial score (nSPS) is 21.3. The minimum atomic E-state index is -0.740. The van der Waals surface area contributed by atoms with Gasteiger partial charge in [0, 0.05) is 24.2 Å². The molecule has 0 radical (unpaired) electrons. The highest BCUT2D eigenvalue weighted by atomic mass is 16.5. The fourth-order valence-corrected chi connectivity index (χ4v) is 3.87. The van der Waals surface area contributed by atoms with Gasteiger partial charge in [0.05, 0.1) is 6.10 Å². The van der Waals surface area contributed by atoms with Gasteiger partial charge < -0.3 is 10.5 Å². The fourth-order valence-electron chi connectivity index (χ4n) is 3.87. The van der Waals surface area contributed by atoms with Crippen LogP contribution in [0.2, 0.25) is 0 Å². The van der Waals surface area contributed by atoms with E-state index in [1.807, 2.05) is 36.4 Å². The van der Waals surface area contributed by atoms with Crippen molar-refractivity contribution < 1.29 is 4.74 Å². The van der Waals surface area contributed by atoms with Gasteiger partial charge >= 0.3 is 0 Å². The van der Waals surface area contributed by atoms with Crippen LogP contribution in [0.5, 0.6) is 5.75 Å². The lowest BCUT2D eigenvalue weighted by Crippen LogP contribution is -2.27. The van der Waals surface area contributed by atoms with Crippen molar-refractivity contribution in [2.24, 2.45) is 10.7 Å². The van der Waals surface area contributed by atoms with Crippen molar-refractivity contribution in [2.75, 3.05) is 0 Å². The number of nitrogens with two attached hydrogens (primary N) is 1. The molecule has 1 aliphatic heterocycles. The quantitative estimate of drug-likeness (QED) is 0.777. The summed E-state index contributed by atoms with van der Waals surface area (Å²) in [6, 6.07) is 16.1. The average molecular weight is 356 g/mol. The van der Waals surface area contributed by atoms with E-state index < -0.39 is 5.54 Å². The molecular formula is C22H20N4O. The molecule has 1 aromatic carbocycles. The van der Waals surface area contributed by atoms with Crippen LogP contribution in [0.25, 0.3) is 0 Å². The van der Waals surface area contributed by atoms with Gasteiger partial charge in [-0.05, 0) is 60.7 Å². The zero-order valence-corrected chi connectivity index (χ0v) is 14.9. The van der Waals surface area contributed by atoms with Gasteiger partial charge in [0.2, 0.25) is 0 Å². The Balaban J connectivity index is 1.70. The molecule has 134 valence electrons. The molecule has 5 rings (SSSR count). The van der Waals surface area contributed by atoms with E-state index in [1.165, 1.54) is 6.42 Å². The lowest BCUT2D eigenvalue weighted by Gasteiger charge is -2.30. The predicted octanol–water partition coefficient (Wildman–Crippen LogP) is 3.42. The number of benzene rings is 1. The van der Waals surface area contributed by atoms with Crippen molar-refractivity contribution in [3.63, 3.8) is 0 Å². The summed E-state index contributed by atoms with van der Waals surface area (Å²) < 4.78 is 6.14. The minimum absolute atomic E-state index is 0.322. The molecule has 0 spiro atoms. The number of aliphatic imine (C=N–C) groups is 1. The van der Waals surface area contributed by atoms with Crippen LogP contribution in [0, 0.1) is 0 Å². The molecule has 2 aliphatic rings. The Kier molecular flexibility index (Phi) is 3.67. The molecule has 2 N–H and O–H groups in total. The summed E-state index contributed by atoms with van der Waals surface area (Å²) >= 11 is 0. The first kappa shape index (κ1) is 16.0. The van der Waals surface area contributed by atoms with Crippen LogP contribution in [-0.2, 0) is 5.54 Å². The number of hydrogen-bond acceptors (Lipinski definition) is 5. The molecule has 1 atom stereocenters. The summed E-state index contributed by atoms with van der Waals surface area (Å²) in [5.74, 6) is 1.32. The van der Waals surface area contributed by atoms with E-state index in [4.69, 9.17) is 15.5 Å². The van der Waals surface area contributed by atoms with E-state index in [-0.39, 0.29) is 0 Å². The summed E-state index contributed by atoms with van der Waals surface area (Å²) in [5, 5.41) is 0. The monoisotopic (exact) mass is 356 g/mol. The third-order valence-corrected chi connectivity index (χ3v) is 5.43. The first-order valence-corrected chi connectivity index (χ1v) is 9.26. The fraction of sp³-hybridized carbons (Fsp3) is 0.227. The highest BCUT2D eigenvalue weighted by Crippen LogP contribution is 2.45. The Bertz CT molecular complexity index is 1010. The SMILES string of the molecule is NC1=NC(c2ccncc2)(c2cccc(OC3CCC3)c2)c2cccnc21. The maximum absolute atomic E-state index is 6.29. The summed E-state index contributed by atoms with van der Waals surface area (Å²) in [5.41, 5.74) is 9.28. The second-order valence-corrected chi connectivity index (χ2v) is 7.04. The topological polar surface area (TPSA) is 73.4 Å². The summed E-state index contributed by atoms with van der Waals surface area (Å²) in [6.07, 6.45) is 9.13. The van der Waals surface area contributed by atoms with Crippen molar-refractivity contribution in [3.8, 4) is 5.75 Å². The van der Waals surface area contributed by atoms with Crippen LogP contribution in [0.3, 0.4) is 0 Å². The lowest BCUT2D eigenvalue weighted by molar-refractivity contribution is 0.120. The molecule has 5 heteroatoms. The van der Waals surface area contributed by atoms with Gasteiger partial charge in [-0.15, -0.1) is 0 Å². The first-order valence-electron chi connectivity index (χ1n) is 9.26. The van der Waals surface area contributed by atoms with Gasteiger partial charge in [0.1, 0.15) is 22.8 Å². The number of nitrogens with zero attached hydrogens (tertiary/aromatic N) is 3. The Morgan fingerprint density at radius 3 is 2.59 bits per heavy atom. The van der Waals surface area contributed by atoms with Crippen molar-refractivity contribution in [1.29, 1.82) is 0 Å². The van der Waals surface area contributed by atoms with Gasteiger partial charge in [-0.2, -0.15) is 0 Å². The average Bonchev–Trinajstić information content (AvgIpc) is 3.00. The maximum Gasteiger partial charge on any atom is 0.146 e. The summed E-state index contributed by atoms with van der Waals surface area (Å²) in [6.45, 7) is 0. The maximum atomic E-state index is 6.29. The number of fused-ring (bicyclic) bond motifs is 1. The van der Waals surface area contributed by atoms with Crippen LogP contribution >= 0.6 is 0 Å². The molecule has 3 heterocycles. The van der Waals surface area contributed by atoms with Gasteiger partial charge in [0.15, 0.2) is 0 Å². The zero-order valence-electron chi connectivity index (χ0n) is 14.9. The Labute approximate surface area is 158 Å². The highest BCUT2D eigenvalue weighted by Gasteiger charge is 2.43. The molecule has 27 heavy (non-hydrogen) atoms. The number of aromatic nitrogens is 2. The second kappa shape index (κ2) is 6.20. The van der Waals surface area contributed by atoms with E-state index in [9.17, 15) is 0 Å². The zero-order chi connectivity index (χ0) is 18.3. The van der Waals surface area contributed by atoms with E-state index in [1.54, 1.807) is 18.6 Å².